The van der Waals surface area contributed by atoms with Gasteiger partial charge in [-0.05, 0) is 12.0 Å². The zero-order chi connectivity index (χ0) is 11.1. The van der Waals surface area contributed by atoms with Crippen LogP contribution in [0.25, 0.3) is 0 Å². The van der Waals surface area contributed by atoms with E-state index in [2.05, 4.69) is 0 Å². The van der Waals surface area contributed by atoms with Gasteiger partial charge in [0.2, 0.25) is 0 Å². The summed E-state index contributed by atoms with van der Waals surface area (Å²) in [5, 5.41) is 0. The summed E-state index contributed by atoms with van der Waals surface area (Å²) in [6.45, 7) is 3.15. The SMILES string of the molecule is CCC(N)C(N)COCc1ccccc1. The van der Waals surface area contributed by atoms with Gasteiger partial charge in [-0.3, -0.25) is 0 Å². The summed E-state index contributed by atoms with van der Waals surface area (Å²) in [6, 6.07) is 10.0. The molecule has 84 valence electrons. The first-order chi connectivity index (χ1) is 7.24. The predicted octanol–water partition coefficient (Wildman–Crippen LogP) is 1.27. The highest BCUT2D eigenvalue weighted by Gasteiger charge is 2.10. The number of rotatable bonds is 6. The standard InChI is InChI=1S/C12H20N2O/c1-2-11(13)12(14)9-15-8-10-6-4-3-5-7-10/h3-7,11-12H,2,8-9,13-14H2,1H3. The van der Waals surface area contributed by atoms with Crippen LogP contribution in [0.2, 0.25) is 0 Å². The molecule has 1 aromatic carbocycles. The largest absolute Gasteiger partial charge is 0.375 e. The van der Waals surface area contributed by atoms with Gasteiger partial charge in [0.15, 0.2) is 0 Å². The van der Waals surface area contributed by atoms with E-state index in [1.165, 1.54) is 0 Å². The summed E-state index contributed by atoms with van der Waals surface area (Å²) in [5.41, 5.74) is 12.8. The second-order valence-electron chi connectivity index (χ2n) is 3.74. The molecule has 4 N–H and O–H groups in total. The lowest BCUT2D eigenvalue weighted by Gasteiger charge is -2.18. The second kappa shape index (κ2) is 6.56. The summed E-state index contributed by atoms with van der Waals surface area (Å²) in [5.74, 6) is 0. The molecule has 15 heavy (non-hydrogen) atoms. The normalized spacial score (nSPS) is 14.9. The van der Waals surface area contributed by atoms with Gasteiger partial charge in [0.25, 0.3) is 0 Å². The summed E-state index contributed by atoms with van der Waals surface area (Å²) in [6.07, 6.45) is 0.885. The minimum Gasteiger partial charge on any atom is -0.375 e. The highest BCUT2D eigenvalue weighted by atomic mass is 16.5. The highest BCUT2D eigenvalue weighted by molar-refractivity contribution is 5.13. The molecule has 0 aliphatic heterocycles. The van der Waals surface area contributed by atoms with Crippen molar-refractivity contribution < 1.29 is 4.74 Å². The Kier molecular flexibility index (Phi) is 5.32. The van der Waals surface area contributed by atoms with Crippen molar-refractivity contribution in [1.82, 2.24) is 0 Å². The van der Waals surface area contributed by atoms with Crippen molar-refractivity contribution in [1.29, 1.82) is 0 Å². The first-order valence-corrected chi connectivity index (χ1v) is 5.37. The van der Waals surface area contributed by atoms with Gasteiger partial charge in [0.05, 0.1) is 13.2 Å². The Balaban J connectivity index is 2.22. The van der Waals surface area contributed by atoms with E-state index in [4.69, 9.17) is 16.2 Å². The average molecular weight is 208 g/mol. The molecule has 2 atom stereocenters. The zero-order valence-electron chi connectivity index (χ0n) is 9.23. The first kappa shape index (κ1) is 12.2. The molecule has 0 aliphatic carbocycles. The highest BCUT2D eigenvalue weighted by Crippen LogP contribution is 2.01. The van der Waals surface area contributed by atoms with Gasteiger partial charge in [0, 0.05) is 12.1 Å². The minimum absolute atomic E-state index is 0.0285. The number of benzene rings is 1. The topological polar surface area (TPSA) is 61.3 Å². The van der Waals surface area contributed by atoms with Crippen LogP contribution in [0.1, 0.15) is 18.9 Å². The summed E-state index contributed by atoms with van der Waals surface area (Å²) in [4.78, 5) is 0. The number of nitrogens with two attached hydrogens (primary N) is 2. The molecule has 0 aromatic heterocycles. The molecule has 1 rings (SSSR count). The minimum atomic E-state index is -0.0706. The molecule has 3 heteroatoms. The fraction of sp³-hybridized carbons (Fsp3) is 0.500. The molecule has 0 amide bonds. The van der Waals surface area contributed by atoms with Gasteiger partial charge >= 0.3 is 0 Å². The smallest absolute Gasteiger partial charge is 0.0717 e. The van der Waals surface area contributed by atoms with Gasteiger partial charge in [-0.2, -0.15) is 0 Å². The lowest BCUT2D eigenvalue weighted by atomic mass is 10.1. The fourth-order valence-electron chi connectivity index (χ4n) is 1.31. The molecule has 3 nitrogen and oxygen atoms in total. The molecule has 2 unspecified atom stereocenters. The Labute approximate surface area is 91.4 Å². The van der Waals surface area contributed by atoms with Crippen LogP contribution in [-0.2, 0) is 11.3 Å². The van der Waals surface area contributed by atoms with Gasteiger partial charge in [-0.25, -0.2) is 0 Å². The fourth-order valence-corrected chi connectivity index (χ4v) is 1.31. The van der Waals surface area contributed by atoms with Crippen LogP contribution in [0.15, 0.2) is 30.3 Å². The Bertz CT molecular complexity index is 264. The zero-order valence-corrected chi connectivity index (χ0v) is 9.23. The van der Waals surface area contributed by atoms with E-state index in [1.807, 2.05) is 37.3 Å². The van der Waals surface area contributed by atoms with Crippen molar-refractivity contribution >= 4 is 0 Å². The van der Waals surface area contributed by atoms with Gasteiger partial charge < -0.3 is 16.2 Å². The monoisotopic (exact) mass is 208 g/mol. The Morgan fingerprint density at radius 2 is 1.80 bits per heavy atom. The van der Waals surface area contributed by atoms with Crippen LogP contribution < -0.4 is 11.5 Å². The maximum absolute atomic E-state index is 5.84. The maximum atomic E-state index is 5.84. The number of hydrogen-bond acceptors (Lipinski definition) is 3. The van der Waals surface area contributed by atoms with E-state index in [-0.39, 0.29) is 12.1 Å². The molecular formula is C12H20N2O. The molecule has 0 fully saturated rings. The third kappa shape index (κ3) is 4.42. The van der Waals surface area contributed by atoms with Crippen molar-refractivity contribution in [3.05, 3.63) is 35.9 Å². The lowest BCUT2D eigenvalue weighted by Crippen LogP contribution is -2.44. The molecule has 0 heterocycles. The van der Waals surface area contributed by atoms with Crippen LogP contribution in [0.5, 0.6) is 0 Å². The van der Waals surface area contributed by atoms with Crippen molar-refractivity contribution in [2.24, 2.45) is 11.5 Å². The van der Waals surface area contributed by atoms with Crippen molar-refractivity contribution in [2.75, 3.05) is 6.61 Å². The van der Waals surface area contributed by atoms with Gasteiger partial charge in [0.1, 0.15) is 0 Å². The van der Waals surface area contributed by atoms with Gasteiger partial charge in [-0.1, -0.05) is 37.3 Å². The molecule has 1 aromatic rings. The van der Waals surface area contributed by atoms with E-state index < -0.39 is 0 Å². The number of hydrogen-bond donors (Lipinski definition) is 2. The van der Waals surface area contributed by atoms with Crippen LogP contribution in [0.4, 0.5) is 0 Å². The second-order valence-corrected chi connectivity index (χ2v) is 3.74. The summed E-state index contributed by atoms with van der Waals surface area (Å²) >= 11 is 0. The van der Waals surface area contributed by atoms with Crippen molar-refractivity contribution in [3.8, 4) is 0 Å². The Morgan fingerprint density at radius 1 is 1.13 bits per heavy atom. The van der Waals surface area contributed by atoms with Crippen LogP contribution in [0, 0.1) is 0 Å². The molecule has 0 aliphatic rings. The third-order valence-electron chi connectivity index (χ3n) is 2.44. The van der Waals surface area contributed by atoms with Crippen molar-refractivity contribution in [2.45, 2.75) is 32.0 Å². The Hall–Kier alpha value is -0.900. The molecule has 0 radical (unpaired) electrons. The molecule has 0 bridgehead atoms. The summed E-state index contributed by atoms with van der Waals surface area (Å²) in [7, 11) is 0. The van der Waals surface area contributed by atoms with E-state index in [1.54, 1.807) is 0 Å². The number of ether oxygens (including phenoxy) is 1. The van der Waals surface area contributed by atoms with E-state index in [9.17, 15) is 0 Å². The Morgan fingerprint density at radius 3 is 2.40 bits per heavy atom. The summed E-state index contributed by atoms with van der Waals surface area (Å²) < 4.78 is 5.50. The third-order valence-corrected chi connectivity index (χ3v) is 2.44. The first-order valence-electron chi connectivity index (χ1n) is 5.37. The van der Waals surface area contributed by atoms with Crippen molar-refractivity contribution in [3.63, 3.8) is 0 Å². The van der Waals surface area contributed by atoms with E-state index in [0.717, 1.165) is 12.0 Å². The predicted molar refractivity (Wildman–Crippen MR) is 62.3 cm³/mol. The van der Waals surface area contributed by atoms with E-state index in [0.29, 0.717) is 13.2 Å². The van der Waals surface area contributed by atoms with Gasteiger partial charge in [-0.15, -0.1) is 0 Å². The average Bonchev–Trinajstić information content (AvgIpc) is 2.29. The molecular weight excluding hydrogens is 188 g/mol. The molecule has 0 saturated carbocycles. The quantitative estimate of drug-likeness (QED) is 0.740. The lowest BCUT2D eigenvalue weighted by molar-refractivity contribution is 0.101. The maximum Gasteiger partial charge on any atom is 0.0717 e. The van der Waals surface area contributed by atoms with Crippen LogP contribution >= 0.6 is 0 Å². The van der Waals surface area contributed by atoms with Crippen LogP contribution in [0.3, 0.4) is 0 Å². The molecule has 0 saturated heterocycles. The van der Waals surface area contributed by atoms with Crippen LogP contribution in [-0.4, -0.2) is 18.7 Å². The van der Waals surface area contributed by atoms with E-state index >= 15 is 0 Å². The molecule has 0 spiro atoms.